The van der Waals surface area contributed by atoms with Gasteiger partial charge in [0.25, 0.3) is 10.2 Å². The fourth-order valence-corrected chi connectivity index (χ4v) is 4.31. The average Bonchev–Trinajstić information content (AvgIpc) is 2.49. The van der Waals surface area contributed by atoms with Gasteiger partial charge in [-0.25, -0.2) is 0 Å². The highest BCUT2D eigenvalue weighted by Gasteiger charge is 2.31. The smallest absolute Gasteiger partial charge is 0.195 e. The van der Waals surface area contributed by atoms with Gasteiger partial charge in [0.2, 0.25) is 0 Å². The van der Waals surface area contributed by atoms with Crippen molar-refractivity contribution in [3.8, 4) is 0 Å². The van der Waals surface area contributed by atoms with E-state index in [2.05, 4.69) is 0 Å². The van der Waals surface area contributed by atoms with Crippen LogP contribution in [0, 0.1) is 12.8 Å². The van der Waals surface area contributed by atoms with Gasteiger partial charge in [-0.1, -0.05) is 29.8 Å². The molecular formula is C15H23ClN2O2S. The molecule has 1 unspecified atom stereocenters. The van der Waals surface area contributed by atoms with Crippen molar-refractivity contribution in [3.63, 3.8) is 0 Å². The fraction of sp³-hybridized carbons (Fsp3) is 0.600. The maximum Gasteiger partial charge on any atom is 0.282 e. The first-order chi connectivity index (χ1) is 9.93. The van der Waals surface area contributed by atoms with Crippen molar-refractivity contribution in [2.45, 2.75) is 26.3 Å². The Balaban J connectivity index is 2.05. The lowest BCUT2D eigenvalue weighted by Gasteiger charge is -2.33. The normalized spacial score (nSPS) is 20.9. The second-order valence-corrected chi connectivity index (χ2v) is 8.11. The summed E-state index contributed by atoms with van der Waals surface area (Å²) >= 11 is 5.88. The number of piperidine rings is 1. The molecule has 2 rings (SSSR count). The summed E-state index contributed by atoms with van der Waals surface area (Å²) in [5, 5.41) is 0. The van der Waals surface area contributed by atoms with E-state index in [0.717, 1.165) is 18.4 Å². The van der Waals surface area contributed by atoms with E-state index in [-0.39, 0.29) is 5.92 Å². The molecule has 1 saturated heterocycles. The van der Waals surface area contributed by atoms with Crippen LogP contribution in [0.5, 0.6) is 0 Å². The molecule has 118 valence electrons. The summed E-state index contributed by atoms with van der Waals surface area (Å²) in [6, 6.07) is 7.94. The van der Waals surface area contributed by atoms with Crippen molar-refractivity contribution < 1.29 is 8.42 Å². The zero-order chi connectivity index (χ0) is 15.5. The minimum atomic E-state index is -3.41. The van der Waals surface area contributed by atoms with Gasteiger partial charge >= 0.3 is 0 Å². The van der Waals surface area contributed by atoms with Crippen molar-refractivity contribution >= 4 is 21.8 Å². The Hall–Kier alpha value is -0.620. The first-order valence-electron chi connectivity index (χ1n) is 7.26. The molecule has 21 heavy (non-hydrogen) atoms. The molecule has 0 spiro atoms. The van der Waals surface area contributed by atoms with E-state index in [0.29, 0.717) is 25.5 Å². The number of nitrogens with zero attached hydrogens (tertiary/aromatic N) is 2. The first kappa shape index (κ1) is 16.7. The van der Waals surface area contributed by atoms with Crippen LogP contribution in [-0.4, -0.2) is 43.0 Å². The molecule has 0 aliphatic carbocycles. The number of rotatable bonds is 5. The maximum absolute atomic E-state index is 12.6. The number of benzene rings is 1. The lowest BCUT2D eigenvalue weighted by Crippen LogP contribution is -2.46. The number of hydrogen-bond acceptors (Lipinski definition) is 2. The minimum absolute atomic E-state index is 0.267. The van der Waals surface area contributed by atoms with Gasteiger partial charge in [-0.3, -0.25) is 0 Å². The van der Waals surface area contributed by atoms with Gasteiger partial charge in [-0.15, -0.1) is 11.6 Å². The third-order valence-corrected chi connectivity index (χ3v) is 6.28. The molecule has 0 N–H and O–H groups in total. The van der Waals surface area contributed by atoms with Crippen LogP contribution in [0.25, 0.3) is 0 Å². The molecule has 0 saturated carbocycles. The molecule has 0 bridgehead atoms. The lowest BCUT2D eigenvalue weighted by atomic mass is 10.0. The molecule has 1 aliphatic rings. The number of aryl methyl sites for hydroxylation is 1. The Morgan fingerprint density at radius 3 is 2.62 bits per heavy atom. The highest BCUT2D eigenvalue weighted by molar-refractivity contribution is 7.86. The van der Waals surface area contributed by atoms with E-state index < -0.39 is 10.2 Å². The SMILES string of the molecule is Cc1ccc(CN(C)S(=O)(=O)N2CCCC(CCl)C2)cc1. The zero-order valence-electron chi connectivity index (χ0n) is 12.6. The van der Waals surface area contributed by atoms with Crippen molar-refractivity contribution in [1.29, 1.82) is 0 Å². The standard InChI is InChI=1S/C15H23ClN2O2S/c1-13-5-7-14(8-6-13)11-17(2)21(19,20)18-9-3-4-15(10-16)12-18/h5-8,15H,3-4,9-12H2,1-2H3. The van der Waals surface area contributed by atoms with Crippen molar-refractivity contribution in [2.75, 3.05) is 26.0 Å². The van der Waals surface area contributed by atoms with Crippen LogP contribution < -0.4 is 0 Å². The molecule has 1 atom stereocenters. The second-order valence-electron chi connectivity index (χ2n) is 5.77. The van der Waals surface area contributed by atoms with Gasteiger partial charge in [-0.2, -0.15) is 17.0 Å². The second kappa shape index (κ2) is 7.09. The quantitative estimate of drug-likeness (QED) is 0.779. The van der Waals surface area contributed by atoms with Crippen molar-refractivity contribution in [2.24, 2.45) is 5.92 Å². The zero-order valence-corrected chi connectivity index (χ0v) is 14.2. The summed E-state index contributed by atoms with van der Waals surface area (Å²) in [6.07, 6.45) is 1.90. The van der Waals surface area contributed by atoms with E-state index in [1.165, 1.54) is 9.87 Å². The maximum atomic E-state index is 12.6. The molecule has 1 aliphatic heterocycles. The Morgan fingerprint density at radius 1 is 1.33 bits per heavy atom. The van der Waals surface area contributed by atoms with Crippen LogP contribution in [0.15, 0.2) is 24.3 Å². The van der Waals surface area contributed by atoms with Crippen molar-refractivity contribution in [1.82, 2.24) is 8.61 Å². The van der Waals surface area contributed by atoms with Gasteiger partial charge in [0, 0.05) is 32.6 Å². The number of hydrogen-bond donors (Lipinski definition) is 0. The molecule has 1 heterocycles. The van der Waals surface area contributed by atoms with Gasteiger partial charge in [0.1, 0.15) is 0 Å². The Bertz CT molecular complexity index is 560. The van der Waals surface area contributed by atoms with Crippen LogP contribution in [0.4, 0.5) is 0 Å². The van der Waals surface area contributed by atoms with E-state index in [1.54, 1.807) is 11.4 Å². The third-order valence-electron chi connectivity index (χ3n) is 3.95. The fourth-order valence-electron chi connectivity index (χ4n) is 2.59. The Kier molecular flexibility index (Phi) is 5.66. The van der Waals surface area contributed by atoms with Gasteiger partial charge in [0.15, 0.2) is 0 Å². The minimum Gasteiger partial charge on any atom is -0.195 e. The largest absolute Gasteiger partial charge is 0.282 e. The van der Waals surface area contributed by atoms with Crippen LogP contribution in [0.2, 0.25) is 0 Å². The molecule has 0 radical (unpaired) electrons. The molecule has 6 heteroatoms. The monoisotopic (exact) mass is 330 g/mol. The summed E-state index contributed by atoms with van der Waals surface area (Å²) in [6.45, 7) is 3.53. The van der Waals surface area contributed by atoms with E-state index >= 15 is 0 Å². The predicted molar refractivity (Wildman–Crippen MR) is 86.6 cm³/mol. The van der Waals surface area contributed by atoms with E-state index in [4.69, 9.17) is 11.6 Å². The summed E-state index contributed by atoms with van der Waals surface area (Å²) < 4.78 is 28.2. The number of halogens is 1. The molecule has 1 aromatic rings. The highest BCUT2D eigenvalue weighted by Crippen LogP contribution is 2.22. The van der Waals surface area contributed by atoms with Crippen molar-refractivity contribution in [3.05, 3.63) is 35.4 Å². The first-order valence-corrected chi connectivity index (χ1v) is 9.19. The molecular weight excluding hydrogens is 308 g/mol. The molecule has 0 amide bonds. The lowest BCUT2D eigenvalue weighted by molar-refractivity contribution is 0.265. The van der Waals surface area contributed by atoms with Crippen LogP contribution >= 0.6 is 11.6 Å². The predicted octanol–water partition coefficient (Wildman–Crippen LogP) is 2.62. The van der Waals surface area contributed by atoms with E-state index in [9.17, 15) is 8.42 Å². The average molecular weight is 331 g/mol. The summed E-state index contributed by atoms with van der Waals surface area (Å²) in [5.41, 5.74) is 2.17. The van der Waals surface area contributed by atoms with Crippen LogP contribution in [0.3, 0.4) is 0 Å². The third kappa shape index (κ3) is 4.19. The topological polar surface area (TPSA) is 40.6 Å². The van der Waals surface area contributed by atoms with Gasteiger partial charge < -0.3 is 0 Å². The summed E-state index contributed by atoms with van der Waals surface area (Å²) in [5.74, 6) is 0.788. The van der Waals surface area contributed by atoms with Gasteiger partial charge in [-0.05, 0) is 31.2 Å². The van der Waals surface area contributed by atoms with Crippen LogP contribution in [0.1, 0.15) is 24.0 Å². The molecule has 1 aromatic carbocycles. The number of alkyl halides is 1. The summed E-state index contributed by atoms with van der Waals surface area (Å²) in [4.78, 5) is 0. The molecule has 0 aromatic heterocycles. The summed E-state index contributed by atoms with van der Waals surface area (Å²) in [7, 11) is -1.77. The van der Waals surface area contributed by atoms with Gasteiger partial charge in [0.05, 0.1) is 0 Å². The molecule has 4 nitrogen and oxygen atoms in total. The highest BCUT2D eigenvalue weighted by atomic mass is 35.5. The Morgan fingerprint density at radius 2 is 2.00 bits per heavy atom. The molecule has 1 fully saturated rings. The van der Waals surface area contributed by atoms with E-state index in [1.807, 2.05) is 31.2 Å². The van der Waals surface area contributed by atoms with Crippen LogP contribution in [-0.2, 0) is 16.8 Å². The Labute approximate surface area is 132 Å².